The lowest BCUT2D eigenvalue weighted by atomic mass is 9.95. The van der Waals surface area contributed by atoms with E-state index < -0.39 is 33.8 Å². The summed E-state index contributed by atoms with van der Waals surface area (Å²) in [6.45, 7) is 3.06. The molecule has 0 aliphatic carbocycles. The predicted molar refractivity (Wildman–Crippen MR) is 71.5 cm³/mol. The topological polar surface area (TPSA) is 110 Å². The minimum Gasteiger partial charge on any atom is -0.480 e. The van der Waals surface area contributed by atoms with Crippen LogP contribution in [0.3, 0.4) is 0 Å². The van der Waals surface area contributed by atoms with Crippen LogP contribution in [0.2, 0.25) is 0 Å². The largest absolute Gasteiger partial charge is 0.480 e. The number of carboxylic acid groups (broad SMARTS) is 1. The van der Waals surface area contributed by atoms with Gasteiger partial charge in [0.2, 0.25) is 0 Å². The highest BCUT2D eigenvalue weighted by Gasteiger charge is 2.35. The normalized spacial score (nSPS) is 13.3. The van der Waals surface area contributed by atoms with Gasteiger partial charge in [-0.3, -0.25) is 14.9 Å². The van der Waals surface area contributed by atoms with Crippen LogP contribution in [0.25, 0.3) is 0 Å². The first-order valence-corrected chi connectivity index (χ1v) is 6.21. The number of carbonyl (C=O) groups is 2. The summed E-state index contributed by atoms with van der Waals surface area (Å²) in [5.41, 5.74) is -2.64. The fourth-order valence-corrected chi connectivity index (χ4v) is 1.89. The number of nitro benzene ring substituents is 1. The third-order valence-corrected chi connectivity index (χ3v) is 3.01. The van der Waals surface area contributed by atoms with E-state index in [-0.39, 0.29) is 12.0 Å². The molecule has 21 heavy (non-hydrogen) atoms. The smallest absolute Gasteiger partial charge is 0.329 e. The number of nitrogens with zero attached hydrogens (tertiary/aromatic N) is 1. The molecule has 8 heteroatoms. The fraction of sp³-hybridized carbons (Fsp3) is 0.385. The lowest BCUT2D eigenvalue weighted by Gasteiger charge is -2.25. The lowest BCUT2D eigenvalue weighted by Crippen LogP contribution is -2.52. The molecule has 114 valence electrons. The van der Waals surface area contributed by atoms with Crippen LogP contribution in [-0.2, 0) is 4.79 Å². The molecule has 0 saturated carbocycles. The van der Waals surface area contributed by atoms with Gasteiger partial charge in [-0.15, -0.1) is 0 Å². The fourth-order valence-electron chi connectivity index (χ4n) is 1.89. The van der Waals surface area contributed by atoms with Gasteiger partial charge in [0.15, 0.2) is 0 Å². The van der Waals surface area contributed by atoms with Crippen molar-refractivity contribution >= 4 is 17.6 Å². The van der Waals surface area contributed by atoms with E-state index in [9.17, 15) is 29.2 Å². The SMILES string of the molecule is CCCC(C)(NC(=O)c1ccc(F)cc1[N+](=O)[O-])C(=O)O. The predicted octanol–water partition coefficient (Wildman–Crippen LogP) is 2.11. The van der Waals surface area contributed by atoms with Gasteiger partial charge in [-0.2, -0.15) is 0 Å². The Morgan fingerprint density at radius 1 is 1.48 bits per heavy atom. The van der Waals surface area contributed by atoms with Gasteiger partial charge in [-0.1, -0.05) is 13.3 Å². The molecule has 0 aliphatic heterocycles. The maximum Gasteiger partial charge on any atom is 0.329 e. The molecule has 0 radical (unpaired) electrons. The molecule has 1 aromatic rings. The van der Waals surface area contributed by atoms with Gasteiger partial charge in [0.05, 0.1) is 11.0 Å². The molecule has 0 spiro atoms. The van der Waals surface area contributed by atoms with Crippen molar-refractivity contribution in [3.8, 4) is 0 Å². The van der Waals surface area contributed by atoms with E-state index >= 15 is 0 Å². The Morgan fingerprint density at radius 3 is 2.57 bits per heavy atom. The summed E-state index contributed by atoms with van der Waals surface area (Å²) in [4.78, 5) is 33.3. The second-order valence-electron chi connectivity index (χ2n) is 4.76. The van der Waals surface area contributed by atoms with Gasteiger partial charge in [0.1, 0.15) is 16.9 Å². The highest BCUT2D eigenvalue weighted by molar-refractivity contribution is 6.00. The number of rotatable bonds is 6. The number of hydrogen-bond donors (Lipinski definition) is 2. The number of nitrogens with one attached hydrogen (secondary N) is 1. The van der Waals surface area contributed by atoms with E-state index in [0.717, 1.165) is 12.1 Å². The van der Waals surface area contributed by atoms with Gasteiger partial charge >= 0.3 is 5.97 Å². The van der Waals surface area contributed by atoms with Crippen molar-refractivity contribution < 1.29 is 24.0 Å². The number of carbonyl (C=O) groups excluding carboxylic acids is 1. The van der Waals surface area contributed by atoms with E-state index in [4.69, 9.17) is 0 Å². The van der Waals surface area contributed by atoms with Crippen molar-refractivity contribution in [2.24, 2.45) is 0 Å². The highest BCUT2D eigenvalue weighted by atomic mass is 19.1. The van der Waals surface area contributed by atoms with Crippen molar-refractivity contribution in [2.45, 2.75) is 32.2 Å². The van der Waals surface area contributed by atoms with E-state index in [1.165, 1.54) is 6.92 Å². The second-order valence-corrected chi connectivity index (χ2v) is 4.76. The van der Waals surface area contributed by atoms with E-state index in [1.54, 1.807) is 6.92 Å². The first-order valence-electron chi connectivity index (χ1n) is 6.21. The number of benzene rings is 1. The quantitative estimate of drug-likeness (QED) is 0.617. The average molecular weight is 298 g/mol. The summed E-state index contributed by atoms with van der Waals surface area (Å²) < 4.78 is 13.0. The number of carboxylic acids is 1. The van der Waals surface area contributed by atoms with Crippen molar-refractivity contribution in [2.75, 3.05) is 0 Å². The molecule has 1 rings (SSSR count). The number of amides is 1. The van der Waals surface area contributed by atoms with Crippen LogP contribution >= 0.6 is 0 Å². The zero-order valence-electron chi connectivity index (χ0n) is 11.6. The molecule has 0 bridgehead atoms. The number of aliphatic carboxylic acids is 1. The maximum absolute atomic E-state index is 13.0. The Morgan fingerprint density at radius 2 is 2.10 bits per heavy atom. The monoisotopic (exact) mass is 298 g/mol. The van der Waals surface area contributed by atoms with Gasteiger partial charge in [-0.05, 0) is 25.5 Å². The van der Waals surface area contributed by atoms with Crippen LogP contribution < -0.4 is 5.32 Å². The van der Waals surface area contributed by atoms with Crippen molar-refractivity contribution in [3.05, 3.63) is 39.7 Å². The molecule has 0 aromatic heterocycles. The highest BCUT2D eigenvalue weighted by Crippen LogP contribution is 2.21. The Balaban J connectivity index is 3.15. The molecular weight excluding hydrogens is 283 g/mol. The Bertz CT molecular complexity index is 590. The molecule has 7 nitrogen and oxygen atoms in total. The molecule has 1 atom stereocenters. The average Bonchev–Trinajstić information content (AvgIpc) is 2.38. The summed E-state index contributed by atoms with van der Waals surface area (Å²) in [7, 11) is 0. The van der Waals surface area contributed by atoms with Crippen molar-refractivity contribution in [1.82, 2.24) is 5.32 Å². The Labute approximate surface area is 119 Å². The molecule has 1 unspecified atom stereocenters. The first-order chi connectivity index (χ1) is 9.71. The molecular formula is C13H15FN2O5. The van der Waals surface area contributed by atoms with Gasteiger partial charge in [-0.25, -0.2) is 9.18 Å². The number of hydrogen-bond acceptors (Lipinski definition) is 4. The maximum atomic E-state index is 13.0. The van der Waals surface area contributed by atoms with E-state index in [1.807, 2.05) is 0 Å². The Hall–Kier alpha value is -2.51. The van der Waals surface area contributed by atoms with Crippen LogP contribution in [0.15, 0.2) is 18.2 Å². The molecule has 2 N–H and O–H groups in total. The lowest BCUT2D eigenvalue weighted by molar-refractivity contribution is -0.385. The first kappa shape index (κ1) is 16.5. The molecule has 0 saturated heterocycles. The van der Waals surface area contributed by atoms with Gasteiger partial charge in [0, 0.05) is 0 Å². The third kappa shape index (κ3) is 3.74. The van der Waals surface area contributed by atoms with E-state index in [0.29, 0.717) is 12.5 Å². The summed E-state index contributed by atoms with van der Waals surface area (Å²) in [5.74, 6) is -3.03. The number of nitro groups is 1. The van der Waals surface area contributed by atoms with E-state index in [2.05, 4.69) is 5.32 Å². The summed E-state index contributed by atoms with van der Waals surface area (Å²) >= 11 is 0. The van der Waals surface area contributed by atoms with Crippen LogP contribution in [0.1, 0.15) is 37.0 Å². The second kappa shape index (κ2) is 6.29. The van der Waals surface area contributed by atoms with Gasteiger partial charge in [0.25, 0.3) is 11.6 Å². The summed E-state index contributed by atoms with van der Waals surface area (Å²) in [6.07, 6.45) is 0.650. The molecule has 1 aromatic carbocycles. The zero-order valence-corrected chi connectivity index (χ0v) is 11.6. The van der Waals surface area contributed by atoms with Crippen LogP contribution in [0.5, 0.6) is 0 Å². The molecule has 0 aliphatic rings. The van der Waals surface area contributed by atoms with Crippen LogP contribution in [0, 0.1) is 15.9 Å². The summed E-state index contributed by atoms with van der Waals surface area (Å²) in [5, 5.41) is 22.3. The van der Waals surface area contributed by atoms with Crippen molar-refractivity contribution in [3.63, 3.8) is 0 Å². The standard InChI is InChI=1S/C13H15FN2O5/c1-3-6-13(2,12(18)19)15-11(17)9-5-4-8(14)7-10(9)16(20)21/h4-5,7H,3,6H2,1-2H3,(H,15,17)(H,18,19). The summed E-state index contributed by atoms with van der Waals surface area (Å²) in [6, 6.07) is 2.48. The van der Waals surface area contributed by atoms with Gasteiger partial charge < -0.3 is 10.4 Å². The minimum atomic E-state index is -1.55. The van der Waals surface area contributed by atoms with Crippen LogP contribution in [0.4, 0.5) is 10.1 Å². The zero-order chi connectivity index (χ0) is 16.2. The minimum absolute atomic E-state index is 0.156. The Kier molecular flexibility index (Phi) is 4.96. The molecule has 0 heterocycles. The third-order valence-electron chi connectivity index (χ3n) is 3.01. The van der Waals surface area contributed by atoms with Crippen LogP contribution in [-0.4, -0.2) is 27.4 Å². The number of halogens is 1. The van der Waals surface area contributed by atoms with Crippen molar-refractivity contribution in [1.29, 1.82) is 0 Å². The molecule has 0 fully saturated rings. The molecule has 1 amide bonds.